The fourth-order valence-electron chi connectivity index (χ4n) is 0.200. The smallest absolute Gasteiger partial charge is 0.291 e. The summed E-state index contributed by atoms with van der Waals surface area (Å²) in [6, 6.07) is 0. The zero-order chi connectivity index (χ0) is 8.57. The quantitative estimate of drug-likeness (QED) is 0.399. The topological polar surface area (TPSA) is 86.8 Å². The van der Waals surface area contributed by atoms with Gasteiger partial charge in [0.15, 0.2) is 0 Å². The van der Waals surface area contributed by atoms with Crippen molar-refractivity contribution in [2.24, 2.45) is 0 Å². The van der Waals surface area contributed by atoms with Crippen LogP contribution in [0.1, 0.15) is 0 Å². The summed E-state index contributed by atoms with van der Waals surface area (Å²) in [5.41, 5.74) is 0. The molecule has 0 amide bonds. The van der Waals surface area contributed by atoms with E-state index < -0.39 is 5.09 Å². The monoisotopic (exact) mass is 152 g/mol. The molecule has 0 radical (unpaired) electrons. The molecule has 0 fully saturated rings. The SMILES string of the molecule is CN(C)CCO.O=[N+]([O-])O. The summed E-state index contributed by atoms with van der Waals surface area (Å²) in [6.45, 7) is 1.02. The minimum atomic E-state index is -1.50. The van der Waals surface area contributed by atoms with E-state index in [1.165, 1.54) is 0 Å². The normalized spacial score (nSPS) is 8.40. The van der Waals surface area contributed by atoms with E-state index in [9.17, 15) is 0 Å². The first kappa shape index (κ1) is 11.9. The highest BCUT2D eigenvalue weighted by molar-refractivity contribution is 4.34. The van der Waals surface area contributed by atoms with E-state index >= 15 is 0 Å². The fraction of sp³-hybridized carbons (Fsp3) is 1.00. The second kappa shape index (κ2) is 8.12. The summed E-state index contributed by atoms with van der Waals surface area (Å²) in [5, 5.41) is 21.8. The number of hydrogen-bond acceptors (Lipinski definition) is 4. The van der Waals surface area contributed by atoms with E-state index in [0.29, 0.717) is 0 Å². The van der Waals surface area contributed by atoms with E-state index in [2.05, 4.69) is 0 Å². The van der Waals surface area contributed by atoms with Crippen molar-refractivity contribution in [3.8, 4) is 0 Å². The molecule has 0 aliphatic carbocycles. The third kappa shape index (κ3) is 59.3. The molecule has 0 aliphatic heterocycles. The average Bonchev–Trinajstić information content (AvgIpc) is 1.62. The largest absolute Gasteiger partial charge is 0.395 e. The van der Waals surface area contributed by atoms with Gasteiger partial charge in [0, 0.05) is 6.54 Å². The van der Waals surface area contributed by atoms with Gasteiger partial charge in [-0.1, -0.05) is 0 Å². The molecule has 10 heavy (non-hydrogen) atoms. The molecule has 62 valence electrons. The van der Waals surface area contributed by atoms with Gasteiger partial charge in [0.05, 0.1) is 6.61 Å². The summed E-state index contributed by atoms with van der Waals surface area (Å²) in [6.07, 6.45) is 0. The molecule has 0 unspecified atom stereocenters. The summed E-state index contributed by atoms with van der Waals surface area (Å²) >= 11 is 0. The molecular weight excluding hydrogens is 140 g/mol. The molecule has 0 saturated carbocycles. The maximum atomic E-state index is 8.36. The van der Waals surface area contributed by atoms with Crippen LogP contribution in [0.15, 0.2) is 0 Å². The van der Waals surface area contributed by atoms with Gasteiger partial charge in [-0.15, -0.1) is 10.1 Å². The molecule has 0 aliphatic rings. The highest BCUT2D eigenvalue weighted by Gasteiger charge is 1.80. The maximum absolute atomic E-state index is 8.36. The summed E-state index contributed by atoms with van der Waals surface area (Å²) in [7, 11) is 3.85. The van der Waals surface area contributed by atoms with Crippen molar-refractivity contribution in [2.75, 3.05) is 27.2 Å². The molecule has 0 aromatic carbocycles. The fourth-order valence-corrected chi connectivity index (χ4v) is 0.200. The molecule has 0 atom stereocenters. The Morgan fingerprint density at radius 3 is 1.90 bits per heavy atom. The van der Waals surface area contributed by atoms with Gasteiger partial charge in [-0.25, -0.2) is 0 Å². The van der Waals surface area contributed by atoms with Crippen LogP contribution in [0.2, 0.25) is 0 Å². The molecule has 0 saturated heterocycles. The van der Waals surface area contributed by atoms with Crippen LogP contribution in [0.5, 0.6) is 0 Å². The first-order valence-corrected chi connectivity index (χ1v) is 2.59. The number of hydrogen-bond donors (Lipinski definition) is 2. The number of rotatable bonds is 2. The highest BCUT2D eigenvalue weighted by atomic mass is 16.9. The molecule has 0 spiro atoms. The van der Waals surface area contributed by atoms with E-state index in [1.54, 1.807) is 0 Å². The molecular formula is C4H12N2O4. The molecule has 0 rings (SSSR count). The number of likely N-dealkylation sites (N-methyl/N-ethyl adjacent to an activating group) is 1. The van der Waals surface area contributed by atoms with Gasteiger partial charge in [0.2, 0.25) is 0 Å². The van der Waals surface area contributed by atoms with Gasteiger partial charge in [-0.2, -0.15) is 0 Å². The molecule has 0 aromatic heterocycles. The van der Waals surface area contributed by atoms with E-state index in [1.807, 2.05) is 19.0 Å². The van der Waals surface area contributed by atoms with Crippen LogP contribution < -0.4 is 0 Å². The van der Waals surface area contributed by atoms with Gasteiger partial charge in [-0.3, -0.25) is 0 Å². The van der Waals surface area contributed by atoms with Crippen molar-refractivity contribution in [2.45, 2.75) is 0 Å². The molecule has 0 heterocycles. The van der Waals surface area contributed by atoms with E-state index in [0.717, 1.165) is 6.54 Å². The lowest BCUT2D eigenvalue weighted by Crippen LogP contribution is -2.15. The second-order valence-electron chi connectivity index (χ2n) is 1.76. The maximum Gasteiger partial charge on any atom is 0.291 e. The second-order valence-corrected chi connectivity index (χ2v) is 1.76. The van der Waals surface area contributed by atoms with Gasteiger partial charge >= 0.3 is 0 Å². The number of nitrogens with zero attached hydrogens (tertiary/aromatic N) is 2. The summed E-state index contributed by atoms with van der Waals surface area (Å²) in [5.74, 6) is 0. The Bertz CT molecular complexity index is 81.3. The summed E-state index contributed by atoms with van der Waals surface area (Å²) < 4.78 is 0. The summed E-state index contributed by atoms with van der Waals surface area (Å²) in [4.78, 5) is 10.3. The van der Waals surface area contributed by atoms with Crippen LogP contribution in [0.3, 0.4) is 0 Å². The van der Waals surface area contributed by atoms with Gasteiger partial charge in [-0.05, 0) is 14.1 Å². The highest BCUT2D eigenvalue weighted by Crippen LogP contribution is 1.66. The standard InChI is InChI=1S/C4H11NO.HNO3/c1-5(2)3-4-6;2-1(3)4/h6H,3-4H2,1-2H3;(H,2,3,4). The minimum absolute atomic E-state index is 0.257. The van der Waals surface area contributed by atoms with Crippen LogP contribution in [0.4, 0.5) is 0 Å². The van der Waals surface area contributed by atoms with Gasteiger partial charge in [0.25, 0.3) is 5.09 Å². The Kier molecular flexibility index (Phi) is 9.63. The zero-order valence-electron chi connectivity index (χ0n) is 6.02. The molecule has 6 nitrogen and oxygen atoms in total. The predicted molar refractivity (Wildman–Crippen MR) is 34.4 cm³/mol. The van der Waals surface area contributed by atoms with Crippen LogP contribution in [0, 0.1) is 10.1 Å². The lowest BCUT2D eigenvalue weighted by Gasteiger charge is -2.03. The lowest BCUT2D eigenvalue weighted by atomic mass is 10.6. The van der Waals surface area contributed by atoms with Crippen molar-refractivity contribution in [3.05, 3.63) is 10.1 Å². The lowest BCUT2D eigenvalue weighted by molar-refractivity contribution is -0.742. The van der Waals surface area contributed by atoms with Crippen molar-refractivity contribution in [1.82, 2.24) is 4.90 Å². The first-order valence-electron chi connectivity index (χ1n) is 2.59. The zero-order valence-corrected chi connectivity index (χ0v) is 6.02. The third-order valence-electron chi connectivity index (χ3n) is 0.547. The van der Waals surface area contributed by atoms with Crippen molar-refractivity contribution < 1.29 is 15.4 Å². The van der Waals surface area contributed by atoms with Crippen molar-refractivity contribution in [1.29, 1.82) is 0 Å². The Labute approximate surface area is 58.8 Å². The van der Waals surface area contributed by atoms with E-state index in [4.69, 9.17) is 20.4 Å². The number of aliphatic hydroxyl groups is 1. The van der Waals surface area contributed by atoms with Gasteiger partial charge < -0.3 is 15.2 Å². The predicted octanol–water partition coefficient (Wildman–Crippen LogP) is -0.807. The molecule has 2 N–H and O–H groups in total. The van der Waals surface area contributed by atoms with Crippen LogP contribution >= 0.6 is 0 Å². The molecule has 6 heteroatoms. The third-order valence-corrected chi connectivity index (χ3v) is 0.547. The van der Waals surface area contributed by atoms with E-state index in [-0.39, 0.29) is 6.61 Å². The van der Waals surface area contributed by atoms with Crippen molar-refractivity contribution >= 4 is 0 Å². The minimum Gasteiger partial charge on any atom is -0.395 e. The molecule has 0 aromatic rings. The number of aliphatic hydroxyl groups excluding tert-OH is 1. The Morgan fingerprint density at radius 2 is 1.90 bits per heavy atom. The molecule has 0 bridgehead atoms. The Morgan fingerprint density at radius 1 is 1.60 bits per heavy atom. The van der Waals surface area contributed by atoms with Gasteiger partial charge in [0.1, 0.15) is 0 Å². The van der Waals surface area contributed by atoms with Crippen LogP contribution in [-0.2, 0) is 0 Å². The van der Waals surface area contributed by atoms with Crippen LogP contribution in [-0.4, -0.2) is 47.5 Å². The first-order chi connectivity index (χ1) is 4.50. The Hall–Kier alpha value is -0.880. The average molecular weight is 152 g/mol. The van der Waals surface area contributed by atoms with Crippen LogP contribution in [0.25, 0.3) is 0 Å². The van der Waals surface area contributed by atoms with Crippen molar-refractivity contribution in [3.63, 3.8) is 0 Å². The Balaban J connectivity index is 0.